The number of carboxylic acids is 1. The summed E-state index contributed by atoms with van der Waals surface area (Å²) in [5.41, 5.74) is -0.559. The van der Waals surface area contributed by atoms with Crippen LogP contribution in [0.5, 0.6) is 0 Å². The monoisotopic (exact) mass is 452 g/mol. The van der Waals surface area contributed by atoms with Crippen LogP contribution in [-0.2, 0) is 15.3 Å². The minimum absolute atomic E-state index is 0.159. The van der Waals surface area contributed by atoms with Gasteiger partial charge in [0.2, 0.25) is 0 Å². The smallest absolute Gasteiger partial charge is 0.379 e. The maximum Gasteiger partial charge on any atom is 0.379 e. The van der Waals surface area contributed by atoms with Gasteiger partial charge < -0.3 is 15.0 Å². The number of nitrogens with one attached hydrogen (secondary N) is 1. The molecule has 1 atom stereocenters. The second kappa shape index (κ2) is 7.92. The van der Waals surface area contributed by atoms with Crippen molar-refractivity contribution in [3.05, 3.63) is 53.2 Å². The number of alkyl halides is 2. The summed E-state index contributed by atoms with van der Waals surface area (Å²) < 4.78 is 55.1. The van der Waals surface area contributed by atoms with Crippen LogP contribution in [0.1, 0.15) is 29.9 Å². The average Bonchev–Trinajstić information content (AvgIpc) is 2.66. The lowest BCUT2D eigenvalue weighted by Gasteiger charge is -2.20. The minimum atomic E-state index is -4.37. The summed E-state index contributed by atoms with van der Waals surface area (Å²) in [6.45, 7) is 6.30. The van der Waals surface area contributed by atoms with E-state index in [2.05, 4.69) is 20.3 Å². The van der Waals surface area contributed by atoms with Gasteiger partial charge >= 0.3 is 11.9 Å². The number of fused-ring (bicyclic) bond motifs is 1. The molecule has 0 aliphatic rings. The van der Waals surface area contributed by atoms with Gasteiger partial charge in [0.1, 0.15) is 30.0 Å². The zero-order valence-corrected chi connectivity index (χ0v) is 18.0. The largest absolute Gasteiger partial charge is 0.477 e. The van der Waals surface area contributed by atoms with E-state index >= 15 is 0 Å². The normalized spacial score (nSPS) is 13.3. The maximum absolute atomic E-state index is 14.8. The molecule has 0 saturated heterocycles. The highest BCUT2D eigenvalue weighted by Crippen LogP contribution is 2.36. The Bertz CT molecular complexity index is 1230. The summed E-state index contributed by atoms with van der Waals surface area (Å²) in [5.74, 6) is -7.47. The first-order chi connectivity index (χ1) is 14.3. The van der Waals surface area contributed by atoms with E-state index in [1.807, 2.05) is 0 Å². The predicted molar refractivity (Wildman–Crippen MR) is 111 cm³/mol. The van der Waals surface area contributed by atoms with Crippen LogP contribution < -0.4 is 10.8 Å². The van der Waals surface area contributed by atoms with Gasteiger partial charge in [-0.05, 0) is 39.3 Å². The molecule has 164 valence electrons. The van der Waals surface area contributed by atoms with Crippen molar-refractivity contribution in [1.29, 1.82) is 0 Å². The molecule has 3 aromatic rings. The molecule has 0 spiro atoms. The SMILES string of the molecule is Cc1nc(NC(C)c2cccc(C(F)(F)C(=O)O)c2F)c2cc(P(C)(C)=O)ncc2n1. The molecule has 0 bridgehead atoms. The van der Waals surface area contributed by atoms with Gasteiger partial charge in [-0.15, -0.1) is 0 Å². The van der Waals surface area contributed by atoms with E-state index in [9.17, 15) is 22.5 Å². The molecule has 0 amide bonds. The molecule has 2 heterocycles. The van der Waals surface area contributed by atoms with Crippen LogP contribution in [0.25, 0.3) is 10.9 Å². The van der Waals surface area contributed by atoms with Gasteiger partial charge in [0.15, 0.2) is 0 Å². The first-order valence-electron chi connectivity index (χ1n) is 9.19. The number of anilines is 1. The molecule has 0 aliphatic heterocycles. The van der Waals surface area contributed by atoms with E-state index < -0.39 is 36.5 Å². The van der Waals surface area contributed by atoms with Gasteiger partial charge in [0, 0.05) is 10.9 Å². The van der Waals surface area contributed by atoms with Gasteiger partial charge in [-0.3, -0.25) is 4.98 Å². The Hall–Kier alpha value is -3.00. The fraction of sp³-hybridized carbons (Fsp3) is 0.300. The highest BCUT2D eigenvalue weighted by molar-refractivity contribution is 7.69. The van der Waals surface area contributed by atoms with E-state index in [1.54, 1.807) is 26.3 Å². The van der Waals surface area contributed by atoms with Crippen molar-refractivity contribution in [2.75, 3.05) is 18.6 Å². The van der Waals surface area contributed by atoms with Gasteiger partial charge in [-0.1, -0.05) is 12.1 Å². The van der Waals surface area contributed by atoms with Crippen LogP contribution >= 0.6 is 7.14 Å². The Balaban J connectivity index is 2.07. The molecule has 2 N–H and O–H groups in total. The number of benzene rings is 1. The van der Waals surface area contributed by atoms with Crippen LogP contribution in [0.3, 0.4) is 0 Å². The van der Waals surface area contributed by atoms with Crippen LogP contribution in [0.2, 0.25) is 0 Å². The maximum atomic E-state index is 14.8. The Morgan fingerprint density at radius 3 is 2.55 bits per heavy atom. The van der Waals surface area contributed by atoms with Crippen molar-refractivity contribution in [2.24, 2.45) is 0 Å². The molecule has 0 radical (unpaired) electrons. The molecule has 1 unspecified atom stereocenters. The molecule has 11 heteroatoms. The lowest BCUT2D eigenvalue weighted by atomic mass is 10.00. The number of pyridine rings is 1. The topological polar surface area (TPSA) is 105 Å². The summed E-state index contributed by atoms with van der Waals surface area (Å²) in [7, 11) is -2.68. The molecule has 2 aromatic heterocycles. The van der Waals surface area contributed by atoms with E-state index in [-0.39, 0.29) is 11.4 Å². The first kappa shape index (κ1) is 22.7. The van der Waals surface area contributed by atoms with Crippen LogP contribution in [-0.4, -0.2) is 39.4 Å². The second-order valence-electron chi connectivity index (χ2n) is 7.48. The Morgan fingerprint density at radius 1 is 1.26 bits per heavy atom. The number of aryl methyl sites for hydroxylation is 1. The quantitative estimate of drug-likeness (QED) is 0.543. The molecular formula is C20H20F3N4O3P. The first-order valence-corrected chi connectivity index (χ1v) is 11.8. The fourth-order valence-corrected chi connectivity index (χ4v) is 3.84. The van der Waals surface area contributed by atoms with Crippen molar-refractivity contribution in [2.45, 2.75) is 25.8 Å². The number of rotatable bonds is 6. The van der Waals surface area contributed by atoms with Gasteiger partial charge in [-0.2, -0.15) is 8.78 Å². The lowest BCUT2D eigenvalue weighted by molar-refractivity contribution is -0.166. The summed E-state index contributed by atoms with van der Waals surface area (Å²) in [6.07, 6.45) is 1.46. The summed E-state index contributed by atoms with van der Waals surface area (Å²) in [6, 6.07) is 3.91. The predicted octanol–water partition coefficient (Wildman–Crippen LogP) is 4.07. The van der Waals surface area contributed by atoms with Crippen molar-refractivity contribution in [3.63, 3.8) is 0 Å². The Labute approximate surface area is 176 Å². The number of aromatic nitrogens is 3. The van der Waals surface area contributed by atoms with Crippen molar-refractivity contribution in [1.82, 2.24) is 15.0 Å². The van der Waals surface area contributed by atoms with Gasteiger partial charge in [-0.25, -0.2) is 19.2 Å². The van der Waals surface area contributed by atoms with E-state index in [0.717, 1.165) is 6.07 Å². The summed E-state index contributed by atoms with van der Waals surface area (Å²) in [4.78, 5) is 23.6. The van der Waals surface area contributed by atoms with Crippen molar-refractivity contribution in [3.8, 4) is 0 Å². The highest BCUT2D eigenvalue weighted by atomic mass is 31.2. The summed E-state index contributed by atoms with van der Waals surface area (Å²) >= 11 is 0. The lowest BCUT2D eigenvalue weighted by Crippen LogP contribution is -2.27. The molecule has 3 rings (SSSR count). The fourth-order valence-electron chi connectivity index (χ4n) is 3.07. The van der Waals surface area contributed by atoms with Crippen molar-refractivity contribution >= 4 is 35.3 Å². The molecule has 0 fully saturated rings. The van der Waals surface area contributed by atoms with Gasteiger partial charge in [0.25, 0.3) is 0 Å². The second-order valence-corrected chi connectivity index (χ2v) is 10.6. The number of hydrogen-bond acceptors (Lipinski definition) is 6. The number of carboxylic acid groups (broad SMARTS) is 1. The molecule has 31 heavy (non-hydrogen) atoms. The zero-order valence-electron chi connectivity index (χ0n) is 17.2. The Morgan fingerprint density at radius 2 is 1.94 bits per heavy atom. The molecule has 0 saturated carbocycles. The van der Waals surface area contributed by atoms with E-state index in [1.165, 1.54) is 25.3 Å². The highest BCUT2D eigenvalue weighted by Gasteiger charge is 2.44. The van der Waals surface area contributed by atoms with Crippen molar-refractivity contribution < 1.29 is 27.6 Å². The third-order valence-corrected chi connectivity index (χ3v) is 6.03. The number of aliphatic carboxylic acids is 1. The Kier molecular flexibility index (Phi) is 5.80. The average molecular weight is 452 g/mol. The standard InChI is InChI=1S/C20H20F3N4O3P/c1-10(12-6-5-7-14(17(12)21)20(22,23)19(28)29)25-18-13-8-16(31(3,4)30)24-9-15(13)26-11(2)27-18/h5-10H,1-4H3,(H,28,29)(H,25,26,27). The minimum Gasteiger partial charge on any atom is -0.477 e. The van der Waals surface area contributed by atoms with E-state index in [0.29, 0.717) is 22.2 Å². The van der Waals surface area contributed by atoms with E-state index in [4.69, 9.17) is 5.11 Å². The van der Waals surface area contributed by atoms with Crippen LogP contribution in [0.4, 0.5) is 19.0 Å². The van der Waals surface area contributed by atoms with Gasteiger partial charge in [0.05, 0.1) is 23.3 Å². The number of nitrogens with zero attached hydrogens (tertiary/aromatic N) is 3. The number of carbonyl (C=O) groups is 1. The van der Waals surface area contributed by atoms with Crippen LogP contribution in [0.15, 0.2) is 30.5 Å². The molecule has 1 aromatic carbocycles. The molecule has 0 aliphatic carbocycles. The number of halogens is 3. The molecule has 7 nitrogen and oxygen atoms in total. The summed E-state index contributed by atoms with van der Waals surface area (Å²) in [5, 5.41) is 12.2. The third kappa shape index (κ3) is 4.39. The number of hydrogen-bond donors (Lipinski definition) is 2. The zero-order chi connectivity index (χ0) is 23.1. The third-order valence-electron chi connectivity index (χ3n) is 4.69. The molecular weight excluding hydrogens is 432 g/mol. The van der Waals surface area contributed by atoms with Crippen LogP contribution in [0, 0.1) is 12.7 Å².